The minimum atomic E-state index is 0.444. The Hall–Kier alpha value is -1.41. The number of rotatable bonds is 4. The number of ketones is 1. The van der Waals surface area contributed by atoms with Gasteiger partial charge in [-0.05, 0) is 38.3 Å². The molecule has 2 nitrogen and oxygen atoms in total. The lowest BCUT2D eigenvalue weighted by Gasteiger charge is -2.21. The Morgan fingerprint density at radius 2 is 1.85 bits per heavy atom. The average Bonchev–Trinajstić information content (AvgIpc) is 2.49. The highest BCUT2D eigenvalue weighted by atomic mass is 16.1. The van der Waals surface area contributed by atoms with E-state index in [1.54, 1.807) is 0 Å². The molecule has 1 aromatic carbocycles. The normalized spacial score (nSPS) is 16.0. The summed E-state index contributed by atoms with van der Waals surface area (Å²) in [7, 11) is 0. The van der Waals surface area contributed by atoms with Crippen LogP contribution >= 0.6 is 0 Å². The predicted octanol–water partition coefficient (Wildman–Crippen LogP) is 4.22. The monoisotopic (exact) mass is 273 g/mol. The summed E-state index contributed by atoms with van der Waals surface area (Å²) < 4.78 is 0. The predicted molar refractivity (Wildman–Crippen MR) is 86.7 cm³/mol. The van der Waals surface area contributed by atoms with Gasteiger partial charge in [-0.3, -0.25) is 4.79 Å². The van der Waals surface area contributed by atoms with Crippen LogP contribution in [-0.4, -0.2) is 18.4 Å². The number of nitrogens with one attached hydrogen (secondary N) is 1. The van der Waals surface area contributed by atoms with Gasteiger partial charge >= 0.3 is 0 Å². The molecule has 0 aromatic heterocycles. The van der Waals surface area contributed by atoms with Crippen molar-refractivity contribution >= 4 is 11.9 Å². The first-order valence-electron chi connectivity index (χ1n) is 7.69. The van der Waals surface area contributed by atoms with Crippen molar-refractivity contribution in [2.24, 2.45) is 0 Å². The Balaban J connectivity index is 0.000000204. The molecule has 1 N–H and O–H groups in total. The second-order valence-corrected chi connectivity index (χ2v) is 5.18. The second-order valence-electron chi connectivity index (χ2n) is 5.18. The van der Waals surface area contributed by atoms with Gasteiger partial charge in [-0.15, -0.1) is 0 Å². The van der Waals surface area contributed by atoms with Crippen molar-refractivity contribution in [1.29, 1.82) is 0 Å². The van der Waals surface area contributed by atoms with Gasteiger partial charge in [0.15, 0.2) is 0 Å². The molecule has 0 radical (unpaired) electrons. The van der Waals surface area contributed by atoms with E-state index in [-0.39, 0.29) is 0 Å². The maximum atomic E-state index is 10.9. The molecule has 0 heterocycles. The number of hydrogen-bond donors (Lipinski definition) is 1. The Bertz CT molecular complexity index is 387. The molecule has 1 fully saturated rings. The van der Waals surface area contributed by atoms with Gasteiger partial charge in [0.05, 0.1) is 0 Å². The van der Waals surface area contributed by atoms with Crippen LogP contribution in [0, 0.1) is 0 Å². The molecule has 0 atom stereocenters. The summed E-state index contributed by atoms with van der Waals surface area (Å²) in [5, 5.41) is 3.44. The minimum Gasteiger partial charge on any atom is -0.314 e. The molecule has 20 heavy (non-hydrogen) atoms. The molecule has 110 valence electrons. The lowest BCUT2D eigenvalue weighted by molar-refractivity contribution is -0.120. The first kappa shape index (κ1) is 16.6. The van der Waals surface area contributed by atoms with Crippen LogP contribution in [0.3, 0.4) is 0 Å². The first-order chi connectivity index (χ1) is 9.76. The Kier molecular flexibility index (Phi) is 8.64. The van der Waals surface area contributed by atoms with Gasteiger partial charge in [0.2, 0.25) is 0 Å². The molecule has 0 spiro atoms. The van der Waals surface area contributed by atoms with E-state index in [0.29, 0.717) is 11.8 Å². The molecule has 1 aromatic rings. The summed E-state index contributed by atoms with van der Waals surface area (Å²) in [6.45, 7) is 5.28. The molecule has 1 aliphatic carbocycles. The van der Waals surface area contributed by atoms with E-state index in [0.717, 1.165) is 32.2 Å². The van der Waals surface area contributed by atoms with E-state index in [9.17, 15) is 4.79 Å². The molecule has 1 aliphatic rings. The SMILES string of the molecule is C/C=C\c1ccccc1.CCCNC1CCC(=O)CC1. The fourth-order valence-electron chi connectivity index (χ4n) is 2.25. The van der Waals surface area contributed by atoms with Crippen LogP contribution < -0.4 is 5.32 Å². The van der Waals surface area contributed by atoms with E-state index in [1.807, 2.05) is 31.2 Å². The van der Waals surface area contributed by atoms with Crippen LogP contribution in [0.1, 0.15) is 51.5 Å². The van der Waals surface area contributed by atoms with Crippen LogP contribution in [0.4, 0.5) is 0 Å². The van der Waals surface area contributed by atoms with Crippen molar-refractivity contribution in [1.82, 2.24) is 5.32 Å². The molecule has 1 saturated carbocycles. The summed E-state index contributed by atoms with van der Waals surface area (Å²) in [4.78, 5) is 10.9. The molecule has 0 unspecified atom stereocenters. The number of carbonyl (C=O) groups is 1. The van der Waals surface area contributed by atoms with Crippen LogP contribution in [0.5, 0.6) is 0 Å². The lowest BCUT2D eigenvalue weighted by Crippen LogP contribution is -2.33. The third kappa shape index (κ3) is 7.25. The third-order valence-corrected chi connectivity index (χ3v) is 3.38. The van der Waals surface area contributed by atoms with Gasteiger partial charge in [-0.25, -0.2) is 0 Å². The highest BCUT2D eigenvalue weighted by Crippen LogP contribution is 2.14. The fourth-order valence-corrected chi connectivity index (χ4v) is 2.25. The van der Waals surface area contributed by atoms with Crippen LogP contribution in [0.25, 0.3) is 6.08 Å². The van der Waals surface area contributed by atoms with Crippen molar-refractivity contribution in [3.8, 4) is 0 Å². The standard InChI is InChI=1S/C9H17NO.C9H10/c1-2-7-10-8-3-5-9(11)6-4-8;1-2-6-9-7-4-3-5-8-9/h8,10H,2-7H2,1H3;2-8H,1H3/b;6-2-. The maximum absolute atomic E-state index is 10.9. The molecule has 0 bridgehead atoms. The topological polar surface area (TPSA) is 29.1 Å². The Morgan fingerprint density at radius 3 is 2.40 bits per heavy atom. The average molecular weight is 273 g/mol. The maximum Gasteiger partial charge on any atom is 0.133 e. The fraction of sp³-hybridized carbons (Fsp3) is 0.500. The van der Waals surface area contributed by atoms with Crippen molar-refractivity contribution in [2.75, 3.05) is 6.54 Å². The summed E-state index contributed by atoms with van der Waals surface area (Å²) in [5.74, 6) is 0.444. The second kappa shape index (κ2) is 10.4. The summed E-state index contributed by atoms with van der Waals surface area (Å²) in [5.41, 5.74) is 1.26. The molecular weight excluding hydrogens is 246 g/mol. The summed E-state index contributed by atoms with van der Waals surface area (Å²) in [6, 6.07) is 10.9. The molecule has 2 heteroatoms. The zero-order valence-corrected chi connectivity index (χ0v) is 12.8. The van der Waals surface area contributed by atoms with Crippen molar-refractivity contribution in [3.05, 3.63) is 42.0 Å². The van der Waals surface area contributed by atoms with E-state index in [4.69, 9.17) is 0 Å². The Morgan fingerprint density at radius 1 is 1.20 bits per heavy atom. The quantitative estimate of drug-likeness (QED) is 0.890. The van der Waals surface area contributed by atoms with E-state index >= 15 is 0 Å². The summed E-state index contributed by atoms with van der Waals surface area (Å²) >= 11 is 0. The molecular formula is C18H27NO. The van der Waals surface area contributed by atoms with Gasteiger partial charge in [0, 0.05) is 18.9 Å². The highest BCUT2D eigenvalue weighted by molar-refractivity contribution is 5.79. The van der Waals surface area contributed by atoms with Crippen molar-refractivity contribution in [3.63, 3.8) is 0 Å². The third-order valence-electron chi connectivity index (χ3n) is 3.38. The Labute approximate surface area is 123 Å². The number of allylic oxidation sites excluding steroid dienone is 1. The number of Topliss-reactive ketones (excluding diaryl/α,β-unsaturated/α-hetero) is 1. The molecule has 0 saturated heterocycles. The zero-order chi connectivity index (χ0) is 14.6. The van der Waals surface area contributed by atoms with E-state index in [2.05, 4.69) is 30.4 Å². The van der Waals surface area contributed by atoms with Gasteiger partial charge in [0.25, 0.3) is 0 Å². The zero-order valence-electron chi connectivity index (χ0n) is 12.8. The van der Waals surface area contributed by atoms with E-state index < -0.39 is 0 Å². The van der Waals surface area contributed by atoms with Crippen LogP contribution in [-0.2, 0) is 4.79 Å². The van der Waals surface area contributed by atoms with Gasteiger partial charge in [-0.2, -0.15) is 0 Å². The number of benzene rings is 1. The number of hydrogen-bond acceptors (Lipinski definition) is 2. The summed E-state index contributed by atoms with van der Waals surface area (Å²) in [6.07, 6.45) is 9.00. The smallest absolute Gasteiger partial charge is 0.133 e. The van der Waals surface area contributed by atoms with E-state index in [1.165, 1.54) is 12.0 Å². The molecule has 0 aliphatic heterocycles. The minimum absolute atomic E-state index is 0.444. The van der Waals surface area contributed by atoms with Crippen LogP contribution in [0.15, 0.2) is 36.4 Å². The van der Waals surface area contributed by atoms with Gasteiger partial charge in [-0.1, -0.05) is 49.4 Å². The van der Waals surface area contributed by atoms with Gasteiger partial charge < -0.3 is 5.32 Å². The first-order valence-corrected chi connectivity index (χ1v) is 7.69. The van der Waals surface area contributed by atoms with Crippen molar-refractivity contribution in [2.45, 2.75) is 52.0 Å². The number of carbonyl (C=O) groups excluding carboxylic acids is 1. The largest absolute Gasteiger partial charge is 0.314 e. The molecule has 0 amide bonds. The molecule has 2 rings (SSSR count). The van der Waals surface area contributed by atoms with Crippen LogP contribution in [0.2, 0.25) is 0 Å². The highest BCUT2D eigenvalue weighted by Gasteiger charge is 2.17. The van der Waals surface area contributed by atoms with Gasteiger partial charge in [0.1, 0.15) is 5.78 Å². The van der Waals surface area contributed by atoms with Crippen molar-refractivity contribution < 1.29 is 4.79 Å². The lowest BCUT2D eigenvalue weighted by atomic mass is 9.94.